The first-order valence-electron chi connectivity index (χ1n) is 8.01. The molecule has 0 unspecified atom stereocenters. The average Bonchev–Trinajstić information content (AvgIpc) is 2.93. The lowest BCUT2D eigenvalue weighted by atomic mass is 10.2. The van der Waals surface area contributed by atoms with Gasteiger partial charge in [0.05, 0.1) is 23.4 Å². The van der Waals surface area contributed by atoms with Crippen LogP contribution in [0, 0.1) is 0 Å². The van der Waals surface area contributed by atoms with Crippen molar-refractivity contribution in [2.24, 2.45) is 0 Å². The van der Waals surface area contributed by atoms with Gasteiger partial charge in [-0.15, -0.1) is 0 Å². The quantitative estimate of drug-likeness (QED) is 0.767. The van der Waals surface area contributed by atoms with Crippen LogP contribution in [0.1, 0.15) is 12.0 Å². The molecule has 1 N–H and O–H groups in total. The maximum Gasteiger partial charge on any atom is 0.242 e. The molecule has 2 aromatic carbocycles. The van der Waals surface area contributed by atoms with Crippen molar-refractivity contribution in [3.05, 3.63) is 54.1 Å². The molecule has 1 saturated heterocycles. The van der Waals surface area contributed by atoms with Crippen LogP contribution in [0.2, 0.25) is 0 Å². The highest BCUT2D eigenvalue weighted by atomic mass is 32.2. The highest BCUT2D eigenvalue weighted by Crippen LogP contribution is 2.26. The van der Waals surface area contributed by atoms with Gasteiger partial charge in [-0.1, -0.05) is 12.1 Å². The fourth-order valence-electron chi connectivity index (χ4n) is 2.63. The molecule has 0 aliphatic carbocycles. The fraction of sp³-hybridized carbons (Fsp3) is 0.235. The van der Waals surface area contributed by atoms with Crippen molar-refractivity contribution in [2.75, 3.05) is 17.2 Å². The second-order valence-corrected chi connectivity index (χ2v) is 9.59. The molecular weight excluding hydrogens is 392 g/mol. The van der Waals surface area contributed by atoms with Crippen molar-refractivity contribution in [3.63, 3.8) is 0 Å². The minimum atomic E-state index is -3.79. The van der Waals surface area contributed by atoms with Gasteiger partial charge in [0.25, 0.3) is 0 Å². The summed E-state index contributed by atoms with van der Waals surface area (Å²) in [4.78, 5) is 11.8. The Morgan fingerprint density at radius 2 is 1.70 bits per heavy atom. The third kappa shape index (κ3) is 4.12. The Morgan fingerprint density at radius 3 is 2.22 bits per heavy atom. The van der Waals surface area contributed by atoms with E-state index in [1.165, 1.54) is 24.3 Å². The number of hydrogen-bond donors (Lipinski definition) is 1. The lowest BCUT2D eigenvalue weighted by Gasteiger charge is -2.15. The second-order valence-electron chi connectivity index (χ2n) is 5.89. The number of carbonyl (C=O) groups excluding carboxylic acids is 1. The van der Waals surface area contributed by atoms with Crippen LogP contribution >= 0.6 is 0 Å². The second kappa shape index (κ2) is 7.29. The topological polar surface area (TPSA) is 110 Å². The van der Waals surface area contributed by atoms with Gasteiger partial charge in [0.1, 0.15) is 5.75 Å². The number of amides is 1. The number of rotatable bonds is 6. The molecule has 1 aliphatic heterocycles. The summed E-state index contributed by atoms with van der Waals surface area (Å²) < 4.78 is 56.9. The summed E-state index contributed by atoms with van der Waals surface area (Å²) in [5, 5.41) is 0. The Balaban J connectivity index is 1.74. The predicted octanol–water partition coefficient (Wildman–Crippen LogP) is 1.24. The first-order chi connectivity index (χ1) is 12.7. The van der Waals surface area contributed by atoms with E-state index < -0.39 is 26.0 Å². The molecule has 1 fully saturated rings. The van der Waals surface area contributed by atoms with Crippen molar-refractivity contribution >= 4 is 31.6 Å². The first-order valence-corrected chi connectivity index (χ1v) is 11.1. The summed E-state index contributed by atoms with van der Waals surface area (Å²) in [7, 11) is -5.93. The van der Waals surface area contributed by atoms with Crippen molar-refractivity contribution in [2.45, 2.75) is 17.9 Å². The summed E-state index contributed by atoms with van der Waals surface area (Å²) in [5.74, 6) is -0.0955. The predicted molar refractivity (Wildman–Crippen MR) is 99.4 cm³/mol. The molecule has 0 bridgehead atoms. The Hall–Kier alpha value is -2.43. The highest BCUT2D eigenvalue weighted by Gasteiger charge is 2.36. The molecule has 0 spiro atoms. The van der Waals surface area contributed by atoms with Gasteiger partial charge in [-0.05, 0) is 42.0 Å². The molecular formula is C17H18N2O6S2. The zero-order chi connectivity index (χ0) is 19.7. The number of ether oxygens (including phenoxy) is 1. The van der Waals surface area contributed by atoms with Crippen LogP contribution in [-0.2, 0) is 31.4 Å². The van der Waals surface area contributed by atoms with Gasteiger partial charge >= 0.3 is 0 Å². The van der Waals surface area contributed by atoms with Crippen molar-refractivity contribution in [1.29, 1.82) is 0 Å². The van der Waals surface area contributed by atoms with Crippen LogP contribution in [-0.4, -0.2) is 35.6 Å². The van der Waals surface area contributed by atoms with Crippen LogP contribution in [0.4, 0.5) is 5.69 Å². The third-order valence-corrected chi connectivity index (χ3v) is 7.19. The van der Waals surface area contributed by atoms with Crippen molar-refractivity contribution < 1.29 is 26.4 Å². The van der Waals surface area contributed by atoms with Gasteiger partial charge in [-0.25, -0.2) is 25.9 Å². The molecule has 1 heterocycles. The molecule has 2 aromatic rings. The Kier molecular flexibility index (Phi) is 5.22. The maximum absolute atomic E-state index is 12.4. The molecule has 0 saturated carbocycles. The van der Waals surface area contributed by atoms with Crippen LogP contribution in [0.25, 0.3) is 0 Å². The molecule has 0 atom stereocenters. The van der Waals surface area contributed by atoms with Crippen molar-refractivity contribution in [1.82, 2.24) is 4.72 Å². The molecule has 10 heteroatoms. The minimum absolute atomic E-state index is 0.0243. The van der Waals surface area contributed by atoms with E-state index in [2.05, 4.69) is 4.72 Å². The van der Waals surface area contributed by atoms with Gasteiger partial charge in [-0.3, -0.25) is 4.79 Å². The van der Waals surface area contributed by atoms with Crippen molar-refractivity contribution in [3.8, 4) is 5.75 Å². The molecule has 0 radical (unpaired) electrons. The van der Waals surface area contributed by atoms with Gasteiger partial charge in [0.2, 0.25) is 26.0 Å². The normalized spacial score (nSPS) is 16.5. The summed E-state index contributed by atoms with van der Waals surface area (Å²) in [6.45, 7) is 0.0903. The number of nitrogens with one attached hydrogen (secondary N) is 1. The Morgan fingerprint density at radius 1 is 1.07 bits per heavy atom. The van der Waals surface area contributed by atoms with Gasteiger partial charge in [0, 0.05) is 13.0 Å². The van der Waals surface area contributed by atoms with Crippen LogP contribution in [0.15, 0.2) is 53.4 Å². The van der Waals surface area contributed by atoms with E-state index in [0.29, 0.717) is 10.1 Å². The zero-order valence-corrected chi connectivity index (χ0v) is 16.1. The smallest absolute Gasteiger partial charge is 0.242 e. The lowest BCUT2D eigenvalue weighted by molar-refractivity contribution is -0.116. The number of hydrogen-bond acceptors (Lipinski definition) is 6. The summed E-state index contributed by atoms with van der Waals surface area (Å²) in [6.07, 6.45) is -0.0776. The Bertz CT molecular complexity index is 1050. The SMILES string of the molecule is COc1ccc(CNS(=O)(=O)c2ccc(N3C(=O)CCS3(=O)=O)cc2)cc1. The zero-order valence-electron chi connectivity index (χ0n) is 14.5. The molecule has 144 valence electrons. The minimum Gasteiger partial charge on any atom is -0.497 e. The van der Waals surface area contributed by atoms with Crippen LogP contribution < -0.4 is 13.8 Å². The van der Waals surface area contributed by atoms with E-state index in [9.17, 15) is 21.6 Å². The number of benzene rings is 2. The largest absolute Gasteiger partial charge is 0.497 e. The standard InChI is InChI=1S/C17H18N2O6S2/c1-25-15-6-2-13(3-7-15)12-18-27(23,24)16-8-4-14(5-9-16)19-17(20)10-11-26(19,21)22/h2-9,18H,10-12H2,1H3. The first kappa shape index (κ1) is 19.3. The van der Waals surface area contributed by atoms with E-state index in [-0.39, 0.29) is 29.3 Å². The number of methoxy groups -OCH3 is 1. The Labute approximate surface area is 157 Å². The van der Waals surface area contributed by atoms with E-state index in [4.69, 9.17) is 4.74 Å². The van der Waals surface area contributed by atoms with E-state index in [0.717, 1.165) is 5.56 Å². The average molecular weight is 410 g/mol. The molecule has 0 aromatic heterocycles. The summed E-state index contributed by atoms with van der Waals surface area (Å²) in [5.41, 5.74) is 0.886. The van der Waals surface area contributed by atoms with E-state index >= 15 is 0 Å². The van der Waals surface area contributed by atoms with Gasteiger partial charge in [0.15, 0.2) is 0 Å². The van der Waals surface area contributed by atoms with Crippen LogP contribution in [0.3, 0.4) is 0 Å². The van der Waals surface area contributed by atoms with Crippen LogP contribution in [0.5, 0.6) is 5.75 Å². The lowest BCUT2D eigenvalue weighted by Crippen LogP contribution is -2.29. The molecule has 8 nitrogen and oxygen atoms in total. The third-order valence-electron chi connectivity index (χ3n) is 4.09. The number of nitrogens with zero attached hydrogens (tertiary/aromatic N) is 1. The molecule has 1 aliphatic rings. The number of sulfonamides is 2. The van der Waals surface area contributed by atoms with Gasteiger partial charge < -0.3 is 4.74 Å². The summed E-state index contributed by atoms with van der Waals surface area (Å²) >= 11 is 0. The van der Waals surface area contributed by atoms with E-state index in [1.807, 2.05) is 0 Å². The number of anilines is 1. The molecule has 27 heavy (non-hydrogen) atoms. The highest BCUT2D eigenvalue weighted by molar-refractivity contribution is 7.94. The monoisotopic (exact) mass is 410 g/mol. The summed E-state index contributed by atoms with van der Waals surface area (Å²) in [6, 6.07) is 12.1. The molecule has 3 rings (SSSR count). The van der Waals surface area contributed by atoms with Gasteiger partial charge in [-0.2, -0.15) is 0 Å². The fourth-order valence-corrected chi connectivity index (χ4v) is 5.11. The maximum atomic E-state index is 12.4. The molecule has 1 amide bonds. The number of carbonyl (C=O) groups is 1. The van der Waals surface area contributed by atoms with E-state index in [1.54, 1.807) is 31.4 Å².